The van der Waals surface area contributed by atoms with E-state index in [1.54, 1.807) is 18.1 Å². The van der Waals surface area contributed by atoms with Crippen LogP contribution in [0.4, 0.5) is 10.1 Å². The molecule has 3 nitrogen and oxygen atoms in total. The molecule has 4 heteroatoms. The zero-order chi connectivity index (χ0) is 15.5. The predicted octanol–water partition coefficient (Wildman–Crippen LogP) is 3.36. The Kier molecular flexibility index (Phi) is 4.09. The van der Waals surface area contributed by atoms with Gasteiger partial charge in [0, 0.05) is 13.0 Å². The smallest absolute Gasteiger partial charge is 0.227 e. The van der Waals surface area contributed by atoms with Gasteiger partial charge in [0.25, 0.3) is 0 Å². The van der Waals surface area contributed by atoms with Crippen LogP contribution in [0.3, 0.4) is 0 Å². The molecule has 0 aliphatic carbocycles. The Bertz CT molecular complexity index is 682. The average Bonchev–Trinajstić information content (AvgIpc) is 2.98. The lowest BCUT2D eigenvalue weighted by Crippen LogP contribution is -2.29. The average molecular weight is 299 g/mol. The van der Waals surface area contributed by atoms with E-state index in [0.29, 0.717) is 25.1 Å². The summed E-state index contributed by atoms with van der Waals surface area (Å²) in [4.78, 5) is 14.0. The maximum absolute atomic E-state index is 13.9. The minimum Gasteiger partial charge on any atom is -0.497 e. The normalized spacial score (nSPS) is 13.1. The Hall–Kier alpha value is -2.36. The van der Waals surface area contributed by atoms with Crippen LogP contribution < -0.4 is 9.64 Å². The van der Waals surface area contributed by atoms with Crippen LogP contribution in [0.15, 0.2) is 42.5 Å². The van der Waals surface area contributed by atoms with E-state index in [0.717, 1.165) is 23.3 Å². The molecule has 1 aliphatic rings. The molecule has 3 rings (SSSR count). The molecule has 1 heterocycles. The first kappa shape index (κ1) is 14.6. The van der Waals surface area contributed by atoms with Crippen LogP contribution in [0.5, 0.6) is 5.75 Å². The summed E-state index contributed by atoms with van der Waals surface area (Å²) in [7, 11) is 1.62. The molecule has 0 saturated carbocycles. The van der Waals surface area contributed by atoms with Crippen molar-refractivity contribution < 1.29 is 13.9 Å². The van der Waals surface area contributed by atoms with Gasteiger partial charge in [0.1, 0.15) is 11.6 Å². The molecule has 0 bridgehead atoms. The first-order chi connectivity index (χ1) is 10.7. The van der Waals surface area contributed by atoms with E-state index in [9.17, 15) is 9.18 Å². The van der Waals surface area contributed by atoms with Crippen LogP contribution in [-0.4, -0.2) is 19.6 Å². The second-order valence-corrected chi connectivity index (χ2v) is 5.39. The van der Waals surface area contributed by atoms with E-state index in [1.165, 1.54) is 6.07 Å². The van der Waals surface area contributed by atoms with E-state index >= 15 is 0 Å². The van der Waals surface area contributed by atoms with Gasteiger partial charge < -0.3 is 9.64 Å². The van der Waals surface area contributed by atoms with Crippen molar-refractivity contribution in [2.45, 2.75) is 19.3 Å². The second-order valence-electron chi connectivity index (χ2n) is 5.39. The Morgan fingerprint density at radius 1 is 1.23 bits per heavy atom. The molecule has 2 aromatic carbocycles. The van der Waals surface area contributed by atoms with E-state index in [-0.39, 0.29) is 11.7 Å². The zero-order valence-corrected chi connectivity index (χ0v) is 12.5. The second kappa shape index (κ2) is 6.18. The molecule has 0 atom stereocenters. The molecule has 1 aliphatic heterocycles. The number of hydrogen-bond donors (Lipinski definition) is 0. The molecule has 0 radical (unpaired) electrons. The number of para-hydroxylation sites is 1. The molecule has 114 valence electrons. The van der Waals surface area contributed by atoms with Crippen LogP contribution in [0.25, 0.3) is 0 Å². The number of benzene rings is 2. The molecule has 0 saturated heterocycles. The molecular weight excluding hydrogens is 281 g/mol. The number of halogens is 1. The molecule has 0 unspecified atom stereocenters. The van der Waals surface area contributed by atoms with E-state index in [1.807, 2.05) is 30.3 Å². The molecule has 0 spiro atoms. The van der Waals surface area contributed by atoms with Crippen LogP contribution in [0.1, 0.15) is 17.5 Å². The molecule has 2 aromatic rings. The standard InChI is InChI=1S/C18H18FNO2/c1-22-15-8-5-13(6-9-15)7-10-17(21)20-12-11-14-3-2-4-16(19)18(14)20/h2-6,8-9H,7,10-12H2,1H3. The summed E-state index contributed by atoms with van der Waals surface area (Å²) in [5, 5.41) is 0. The highest BCUT2D eigenvalue weighted by Gasteiger charge is 2.27. The SMILES string of the molecule is COc1ccc(CCC(=O)N2CCc3cccc(F)c32)cc1. The number of ether oxygens (including phenoxy) is 1. The fourth-order valence-corrected chi connectivity index (χ4v) is 2.84. The summed E-state index contributed by atoms with van der Waals surface area (Å²) in [5.74, 6) is 0.457. The third kappa shape index (κ3) is 2.82. The van der Waals surface area contributed by atoms with Crippen molar-refractivity contribution in [3.8, 4) is 5.75 Å². The van der Waals surface area contributed by atoms with Gasteiger partial charge in [-0.1, -0.05) is 24.3 Å². The lowest BCUT2D eigenvalue weighted by molar-refractivity contribution is -0.118. The van der Waals surface area contributed by atoms with Crippen LogP contribution >= 0.6 is 0 Å². The van der Waals surface area contributed by atoms with Crippen molar-refractivity contribution in [3.63, 3.8) is 0 Å². The molecule has 1 amide bonds. The van der Waals surface area contributed by atoms with Gasteiger partial charge in [0.05, 0.1) is 12.8 Å². The summed E-state index contributed by atoms with van der Waals surface area (Å²) in [5.41, 5.74) is 2.45. The van der Waals surface area contributed by atoms with Crippen molar-refractivity contribution >= 4 is 11.6 Å². The summed E-state index contributed by atoms with van der Waals surface area (Å²) in [6, 6.07) is 12.6. The summed E-state index contributed by atoms with van der Waals surface area (Å²) < 4.78 is 19.1. The number of nitrogens with zero attached hydrogens (tertiary/aromatic N) is 1. The number of carbonyl (C=O) groups is 1. The van der Waals surface area contributed by atoms with E-state index in [2.05, 4.69) is 0 Å². The van der Waals surface area contributed by atoms with Gasteiger partial charge in [0.2, 0.25) is 5.91 Å². The zero-order valence-electron chi connectivity index (χ0n) is 12.5. The first-order valence-electron chi connectivity index (χ1n) is 7.39. The monoisotopic (exact) mass is 299 g/mol. The van der Waals surface area contributed by atoms with Gasteiger partial charge in [-0.05, 0) is 42.2 Å². The Balaban J connectivity index is 1.66. The molecule has 0 aromatic heterocycles. The topological polar surface area (TPSA) is 29.5 Å². The maximum Gasteiger partial charge on any atom is 0.227 e. The third-order valence-electron chi connectivity index (χ3n) is 4.03. The molecule has 22 heavy (non-hydrogen) atoms. The molecule has 0 N–H and O–H groups in total. The Labute approximate surface area is 129 Å². The van der Waals surface area contributed by atoms with Crippen LogP contribution in [0, 0.1) is 5.82 Å². The fraction of sp³-hybridized carbons (Fsp3) is 0.278. The first-order valence-corrected chi connectivity index (χ1v) is 7.39. The number of methoxy groups -OCH3 is 1. The van der Waals surface area contributed by atoms with Gasteiger partial charge in [-0.25, -0.2) is 4.39 Å². The van der Waals surface area contributed by atoms with Crippen molar-refractivity contribution in [2.75, 3.05) is 18.6 Å². The van der Waals surface area contributed by atoms with Crippen molar-refractivity contribution in [3.05, 3.63) is 59.4 Å². The van der Waals surface area contributed by atoms with Crippen LogP contribution in [0.2, 0.25) is 0 Å². The van der Waals surface area contributed by atoms with E-state index in [4.69, 9.17) is 4.74 Å². The highest BCUT2D eigenvalue weighted by molar-refractivity contribution is 5.95. The highest BCUT2D eigenvalue weighted by Crippen LogP contribution is 2.31. The highest BCUT2D eigenvalue weighted by atomic mass is 19.1. The minimum atomic E-state index is -0.312. The Morgan fingerprint density at radius 3 is 2.73 bits per heavy atom. The number of fused-ring (bicyclic) bond motifs is 1. The number of carbonyl (C=O) groups excluding carboxylic acids is 1. The maximum atomic E-state index is 13.9. The van der Waals surface area contributed by atoms with Gasteiger partial charge >= 0.3 is 0 Å². The van der Waals surface area contributed by atoms with Gasteiger partial charge in [-0.2, -0.15) is 0 Å². The van der Waals surface area contributed by atoms with E-state index < -0.39 is 0 Å². The largest absolute Gasteiger partial charge is 0.497 e. The summed E-state index contributed by atoms with van der Waals surface area (Å²) in [6.45, 7) is 0.567. The number of anilines is 1. The van der Waals surface area contributed by atoms with Crippen molar-refractivity contribution in [2.24, 2.45) is 0 Å². The number of hydrogen-bond acceptors (Lipinski definition) is 2. The van der Waals surface area contributed by atoms with Crippen molar-refractivity contribution in [1.82, 2.24) is 0 Å². The quantitative estimate of drug-likeness (QED) is 0.866. The Morgan fingerprint density at radius 2 is 2.00 bits per heavy atom. The minimum absolute atomic E-state index is 0.0281. The summed E-state index contributed by atoms with van der Waals surface area (Å²) in [6.07, 6.45) is 1.74. The van der Waals surface area contributed by atoms with Gasteiger partial charge in [-0.15, -0.1) is 0 Å². The number of aryl methyl sites for hydroxylation is 1. The van der Waals surface area contributed by atoms with Crippen molar-refractivity contribution in [1.29, 1.82) is 0 Å². The molecule has 0 fully saturated rings. The number of rotatable bonds is 4. The van der Waals surface area contributed by atoms with Gasteiger partial charge in [0.15, 0.2) is 0 Å². The lowest BCUT2D eigenvalue weighted by Gasteiger charge is -2.18. The predicted molar refractivity (Wildman–Crippen MR) is 83.8 cm³/mol. The third-order valence-corrected chi connectivity index (χ3v) is 4.03. The fourth-order valence-electron chi connectivity index (χ4n) is 2.84. The van der Waals surface area contributed by atoms with Gasteiger partial charge in [-0.3, -0.25) is 4.79 Å². The number of amides is 1. The lowest BCUT2D eigenvalue weighted by atomic mass is 10.1. The summed E-state index contributed by atoms with van der Waals surface area (Å²) >= 11 is 0. The van der Waals surface area contributed by atoms with Crippen LogP contribution in [-0.2, 0) is 17.6 Å². The molecular formula is C18H18FNO2.